The van der Waals surface area contributed by atoms with Crippen molar-refractivity contribution in [2.24, 2.45) is 0 Å². The van der Waals surface area contributed by atoms with E-state index in [2.05, 4.69) is 10.4 Å². The molecule has 4 rings (SSSR count). The number of aliphatic hydroxyl groups excluding tert-OH is 1. The van der Waals surface area contributed by atoms with Gasteiger partial charge in [-0.1, -0.05) is 0 Å². The van der Waals surface area contributed by atoms with Crippen molar-refractivity contribution in [3.8, 4) is 11.5 Å². The molecule has 0 spiro atoms. The minimum Gasteiger partial charge on any atom is -0.454 e. The van der Waals surface area contributed by atoms with Crippen LogP contribution in [0, 0.1) is 0 Å². The molecule has 28 heavy (non-hydrogen) atoms. The van der Waals surface area contributed by atoms with Gasteiger partial charge in [-0.2, -0.15) is 5.10 Å². The fourth-order valence-corrected chi connectivity index (χ4v) is 3.53. The van der Waals surface area contributed by atoms with E-state index in [1.54, 1.807) is 40.0 Å². The summed E-state index contributed by atoms with van der Waals surface area (Å²) in [4.78, 5) is 26.2. The second-order valence-corrected chi connectivity index (χ2v) is 6.92. The van der Waals surface area contributed by atoms with Crippen LogP contribution in [0.4, 0.5) is 5.82 Å². The van der Waals surface area contributed by atoms with Gasteiger partial charge in [0, 0.05) is 24.7 Å². The highest BCUT2D eigenvalue weighted by Crippen LogP contribution is 2.33. The van der Waals surface area contributed by atoms with Gasteiger partial charge in [-0.05, 0) is 38.0 Å². The number of piperidine rings is 1. The number of hydrogen-bond donors (Lipinski definition) is 2. The summed E-state index contributed by atoms with van der Waals surface area (Å²) in [6.07, 6.45) is 2.06. The van der Waals surface area contributed by atoms with Crippen LogP contribution in [0.25, 0.3) is 0 Å². The van der Waals surface area contributed by atoms with E-state index in [9.17, 15) is 14.7 Å². The van der Waals surface area contributed by atoms with E-state index in [0.717, 1.165) is 0 Å². The first kappa shape index (κ1) is 18.3. The van der Waals surface area contributed by atoms with E-state index in [4.69, 9.17) is 9.47 Å². The normalized spacial score (nSPS) is 17.4. The van der Waals surface area contributed by atoms with Crippen LogP contribution in [-0.4, -0.2) is 57.6 Å². The van der Waals surface area contributed by atoms with E-state index in [-0.39, 0.29) is 24.6 Å². The molecule has 2 aliphatic heterocycles. The zero-order chi connectivity index (χ0) is 19.7. The van der Waals surface area contributed by atoms with Gasteiger partial charge in [-0.25, -0.2) is 4.68 Å². The van der Waals surface area contributed by atoms with Crippen LogP contribution >= 0.6 is 0 Å². The summed E-state index contributed by atoms with van der Waals surface area (Å²) in [7, 11) is 0. The molecule has 3 heterocycles. The molecule has 2 aromatic rings. The molecule has 148 valence electrons. The molecular weight excluding hydrogens is 364 g/mol. The number of ether oxygens (including phenoxy) is 2. The lowest BCUT2D eigenvalue weighted by Gasteiger charge is -2.33. The van der Waals surface area contributed by atoms with Crippen LogP contribution in [0.5, 0.6) is 11.5 Å². The highest BCUT2D eigenvalue weighted by atomic mass is 16.7. The molecule has 1 saturated heterocycles. The molecule has 0 saturated carbocycles. The second kappa shape index (κ2) is 7.51. The predicted molar refractivity (Wildman–Crippen MR) is 99.3 cm³/mol. The van der Waals surface area contributed by atoms with Gasteiger partial charge in [0.1, 0.15) is 11.9 Å². The number of fused-ring (bicyclic) bond motifs is 1. The number of carbonyl (C=O) groups is 2. The largest absolute Gasteiger partial charge is 0.454 e. The van der Waals surface area contributed by atoms with Gasteiger partial charge < -0.3 is 24.8 Å². The first-order chi connectivity index (χ1) is 13.5. The maximum Gasteiger partial charge on any atom is 0.256 e. The lowest BCUT2D eigenvalue weighted by Crippen LogP contribution is -2.43. The number of likely N-dealkylation sites (tertiary alicyclic amines) is 1. The number of aliphatic hydroxyl groups is 1. The number of rotatable bonds is 4. The number of nitrogens with zero attached hydrogens (tertiary/aromatic N) is 3. The molecule has 0 bridgehead atoms. The van der Waals surface area contributed by atoms with Crippen LogP contribution in [0.3, 0.4) is 0 Å². The van der Waals surface area contributed by atoms with Gasteiger partial charge in [0.2, 0.25) is 6.79 Å². The molecule has 0 aliphatic carbocycles. The molecular formula is C19H22N4O5. The monoisotopic (exact) mass is 386 g/mol. The van der Waals surface area contributed by atoms with Crippen molar-refractivity contribution in [3.63, 3.8) is 0 Å². The van der Waals surface area contributed by atoms with Crippen LogP contribution in [0.1, 0.15) is 36.2 Å². The molecule has 2 N–H and O–H groups in total. The summed E-state index contributed by atoms with van der Waals surface area (Å²) in [6, 6.07) is 6.87. The average molecular weight is 386 g/mol. The van der Waals surface area contributed by atoms with Crippen molar-refractivity contribution in [1.82, 2.24) is 14.7 Å². The molecule has 0 radical (unpaired) electrons. The van der Waals surface area contributed by atoms with Crippen molar-refractivity contribution < 1.29 is 24.2 Å². The number of aromatic nitrogens is 2. The van der Waals surface area contributed by atoms with E-state index in [1.165, 1.54) is 6.92 Å². The Morgan fingerprint density at radius 2 is 1.96 bits per heavy atom. The van der Waals surface area contributed by atoms with E-state index < -0.39 is 6.10 Å². The van der Waals surface area contributed by atoms with Crippen molar-refractivity contribution >= 4 is 17.6 Å². The first-order valence-electron chi connectivity index (χ1n) is 9.24. The maximum atomic E-state index is 12.6. The summed E-state index contributed by atoms with van der Waals surface area (Å²) >= 11 is 0. The molecule has 1 fully saturated rings. The van der Waals surface area contributed by atoms with Gasteiger partial charge in [-0.3, -0.25) is 9.59 Å². The number of benzene rings is 1. The topological polar surface area (TPSA) is 106 Å². The van der Waals surface area contributed by atoms with Gasteiger partial charge in [0.05, 0.1) is 12.2 Å². The summed E-state index contributed by atoms with van der Waals surface area (Å²) in [6.45, 7) is 2.72. The van der Waals surface area contributed by atoms with Crippen LogP contribution < -0.4 is 14.8 Å². The third-order valence-corrected chi connectivity index (χ3v) is 5.03. The van der Waals surface area contributed by atoms with Gasteiger partial charge in [0.15, 0.2) is 11.5 Å². The molecule has 1 aromatic heterocycles. The Bertz CT molecular complexity index is 886. The Morgan fingerprint density at radius 3 is 2.71 bits per heavy atom. The Kier molecular flexibility index (Phi) is 4.91. The van der Waals surface area contributed by atoms with Crippen molar-refractivity contribution in [2.45, 2.75) is 31.9 Å². The summed E-state index contributed by atoms with van der Waals surface area (Å²) < 4.78 is 12.4. The van der Waals surface area contributed by atoms with E-state index in [0.29, 0.717) is 48.8 Å². The molecule has 1 atom stereocenters. The predicted octanol–water partition coefficient (Wildman–Crippen LogP) is 1.41. The lowest BCUT2D eigenvalue weighted by atomic mass is 10.0. The minimum absolute atomic E-state index is 0.0695. The molecule has 1 unspecified atom stereocenters. The van der Waals surface area contributed by atoms with E-state index >= 15 is 0 Å². The number of anilines is 1. The number of nitrogens with one attached hydrogen (secondary N) is 1. The maximum absolute atomic E-state index is 12.6. The summed E-state index contributed by atoms with van der Waals surface area (Å²) in [5.41, 5.74) is 0.467. The molecule has 9 heteroatoms. The van der Waals surface area contributed by atoms with Crippen LogP contribution in [-0.2, 0) is 4.79 Å². The van der Waals surface area contributed by atoms with Crippen molar-refractivity contribution in [1.29, 1.82) is 0 Å². The third-order valence-electron chi connectivity index (χ3n) is 5.03. The van der Waals surface area contributed by atoms with Gasteiger partial charge in [0.25, 0.3) is 11.8 Å². The van der Waals surface area contributed by atoms with Gasteiger partial charge >= 0.3 is 0 Å². The number of carbonyl (C=O) groups excluding carboxylic acids is 2. The Hall–Kier alpha value is -3.07. The SMILES string of the molecule is CC(O)C(=O)N1CCC(n2nccc2NC(=O)c2ccc3c(c2)OCO3)CC1. The quantitative estimate of drug-likeness (QED) is 0.823. The fourth-order valence-electron chi connectivity index (χ4n) is 3.53. The zero-order valence-electron chi connectivity index (χ0n) is 15.5. The third kappa shape index (κ3) is 3.53. The Labute approximate surface area is 161 Å². The number of amides is 2. The highest BCUT2D eigenvalue weighted by Gasteiger charge is 2.27. The van der Waals surface area contributed by atoms with Crippen LogP contribution in [0.2, 0.25) is 0 Å². The van der Waals surface area contributed by atoms with Crippen molar-refractivity contribution in [3.05, 3.63) is 36.0 Å². The standard InChI is InChI=1S/C19H22N4O5/c1-12(24)19(26)22-8-5-14(6-9-22)23-17(4-7-20-23)21-18(25)13-2-3-15-16(10-13)28-11-27-15/h2-4,7,10,12,14,24H,5-6,8-9,11H2,1H3,(H,21,25). The molecule has 9 nitrogen and oxygen atoms in total. The number of hydrogen-bond acceptors (Lipinski definition) is 6. The summed E-state index contributed by atoms with van der Waals surface area (Å²) in [5.74, 6) is 1.26. The zero-order valence-corrected chi connectivity index (χ0v) is 15.5. The average Bonchev–Trinajstić information content (AvgIpc) is 3.36. The van der Waals surface area contributed by atoms with Crippen LogP contribution in [0.15, 0.2) is 30.5 Å². The first-order valence-corrected chi connectivity index (χ1v) is 9.24. The minimum atomic E-state index is -0.988. The Morgan fingerprint density at radius 1 is 1.21 bits per heavy atom. The Balaban J connectivity index is 1.42. The molecule has 2 aliphatic rings. The van der Waals surface area contributed by atoms with Crippen molar-refractivity contribution in [2.75, 3.05) is 25.2 Å². The van der Waals surface area contributed by atoms with Gasteiger partial charge in [-0.15, -0.1) is 0 Å². The lowest BCUT2D eigenvalue weighted by molar-refractivity contribution is -0.140. The molecule has 2 amide bonds. The summed E-state index contributed by atoms with van der Waals surface area (Å²) in [5, 5.41) is 16.7. The highest BCUT2D eigenvalue weighted by molar-refractivity contribution is 6.04. The second-order valence-electron chi connectivity index (χ2n) is 6.92. The van der Waals surface area contributed by atoms with E-state index in [1.807, 2.05) is 0 Å². The smallest absolute Gasteiger partial charge is 0.256 e. The molecule has 1 aromatic carbocycles. The fraction of sp³-hybridized carbons (Fsp3) is 0.421.